The minimum Gasteiger partial charge on any atom is -0.396 e. The van der Waals surface area contributed by atoms with Gasteiger partial charge in [-0.05, 0) is 25.8 Å². The molecule has 0 saturated carbocycles. The van der Waals surface area contributed by atoms with Gasteiger partial charge >= 0.3 is 0 Å². The Bertz CT molecular complexity index is 337. The summed E-state index contributed by atoms with van der Waals surface area (Å²) >= 11 is 0. The molecule has 0 spiro atoms. The maximum Gasteiger partial charge on any atom is 0.0876 e. The summed E-state index contributed by atoms with van der Waals surface area (Å²) in [4.78, 5) is 0. The second-order valence-corrected chi connectivity index (χ2v) is 4.92. The summed E-state index contributed by atoms with van der Waals surface area (Å²) in [5, 5.41) is 17.7. The quantitative estimate of drug-likeness (QED) is 0.715. The topological polar surface area (TPSA) is 58.9 Å². The number of hydrogen-bond acceptors (Lipinski definition) is 4. The highest BCUT2D eigenvalue weighted by molar-refractivity contribution is 5.20. The molecular weight excluding hydrogens is 244 g/mol. The largest absolute Gasteiger partial charge is 0.396 e. The molecule has 0 heterocycles. The van der Waals surface area contributed by atoms with Crippen LogP contribution in [0.3, 0.4) is 0 Å². The summed E-state index contributed by atoms with van der Waals surface area (Å²) in [7, 11) is 0. The third-order valence-corrected chi connectivity index (χ3v) is 2.99. The molecule has 1 unspecified atom stereocenters. The minimum absolute atomic E-state index is 0.0238. The zero-order valence-corrected chi connectivity index (χ0v) is 11.7. The zero-order chi connectivity index (χ0) is 14.1. The Kier molecular flexibility index (Phi) is 7.02. The minimum atomic E-state index is -0.405. The SMILES string of the molecule is CC(C)(OCC(CCO)OCCO)c1ccccc1. The van der Waals surface area contributed by atoms with E-state index in [2.05, 4.69) is 0 Å². The average molecular weight is 268 g/mol. The fourth-order valence-corrected chi connectivity index (χ4v) is 1.80. The molecule has 0 saturated heterocycles. The van der Waals surface area contributed by atoms with Gasteiger partial charge in [-0.2, -0.15) is 0 Å². The van der Waals surface area contributed by atoms with Gasteiger partial charge < -0.3 is 19.7 Å². The van der Waals surface area contributed by atoms with Crippen LogP contribution in [0.5, 0.6) is 0 Å². The number of rotatable bonds is 9. The monoisotopic (exact) mass is 268 g/mol. The first-order valence-electron chi connectivity index (χ1n) is 6.63. The second kappa shape index (κ2) is 8.27. The molecule has 0 aliphatic rings. The van der Waals surface area contributed by atoms with Gasteiger partial charge in [-0.25, -0.2) is 0 Å². The van der Waals surface area contributed by atoms with Gasteiger partial charge in [-0.3, -0.25) is 0 Å². The first-order chi connectivity index (χ1) is 9.10. The van der Waals surface area contributed by atoms with E-state index in [1.165, 1.54) is 0 Å². The summed E-state index contributed by atoms with van der Waals surface area (Å²) in [6.07, 6.45) is 0.311. The van der Waals surface area contributed by atoms with Crippen molar-refractivity contribution in [1.82, 2.24) is 0 Å². The standard InChI is InChI=1S/C15H24O4/c1-15(2,13-6-4-3-5-7-13)19-12-14(8-9-16)18-11-10-17/h3-7,14,16-17H,8-12H2,1-2H3. The van der Waals surface area contributed by atoms with Crippen molar-refractivity contribution in [1.29, 1.82) is 0 Å². The molecule has 1 rings (SSSR count). The molecule has 4 heteroatoms. The van der Waals surface area contributed by atoms with Gasteiger partial charge in [0.25, 0.3) is 0 Å². The van der Waals surface area contributed by atoms with Gasteiger partial charge in [0, 0.05) is 6.61 Å². The Balaban J connectivity index is 2.52. The van der Waals surface area contributed by atoms with Crippen LogP contribution in [-0.2, 0) is 15.1 Å². The van der Waals surface area contributed by atoms with E-state index in [1.807, 2.05) is 44.2 Å². The van der Waals surface area contributed by atoms with Crippen molar-refractivity contribution >= 4 is 0 Å². The Morgan fingerprint density at radius 1 is 1.11 bits per heavy atom. The molecule has 1 aromatic rings. The van der Waals surface area contributed by atoms with Gasteiger partial charge in [-0.15, -0.1) is 0 Å². The number of ether oxygens (including phenoxy) is 2. The number of aliphatic hydroxyl groups excluding tert-OH is 2. The van der Waals surface area contributed by atoms with Crippen LogP contribution in [0.2, 0.25) is 0 Å². The fourth-order valence-electron chi connectivity index (χ4n) is 1.80. The fraction of sp³-hybridized carbons (Fsp3) is 0.600. The summed E-state index contributed by atoms with van der Waals surface area (Å²) < 4.78 is 11.3. The summed E-state index contributed by atoms with van der Waals surface area (Å²) in [6.45, 7) is 4.69. The first-order valence-corrected chi connectivity index (χ1v) is 6.63. The van der Waals surface area contributed by atoms with E-state index in [4.69, 9.17) is 19.7 Å². The number of benzene rings is 1. The lowest BCUT2D eigenvalue weighted by molar-refractivity contribution is -0.0926. The highest BCUT2D eigenvalue weighted by Gasteiger charge is 2.22. The molecule has 4 nitrogen and oxygen atoms in total. The van der Waals surface area contributed by atoms with Crippen LogP contribution in [0, 0.1) is 0 Å². The smallest absolute Gasteiger partial charge is 0.0876 e. The maximum absolute atomic E-state index is 8.98. The third-order valence-electron chi connectivity index (χ3n) is 2.99. The molecule has 1 aromatic carbocycles. The van der Waals surface area contributed by atoms with Crippen LogP contribution in [0.15, 0.2) is 30.3 Å². The Labute approximate surface area is 115 Å². The predicted molar refractivity (Wildman–Crippen MR) is 73.9 cm³/mol. The van der Waals surface area contributed by atoms with Crippen LogP contribution in [0.4, 0.5) is 0 Å². The van der Waals surface area contributed by atoms with E-state index in [0.29, 0.717) is 13.0 Å². The van der Waals surface area contributed by atoms with E-state index in [-0.39, 0.29) is 25.9 Å². The lowest BCUT2D eigenvalue weighted by Gasteiger charge is -2.28. The molecule has 0 fully saturated rings. The molecule has 0 aliphatic heterocycles. The molecule has 2 N–H and O–H groups in total. The Hall–Kier alpha value is -0.940. The molecule has 19 heavy (non-hydrogen) atoms. The van der Waals surface area contributed by atoms with Crippen molar-refractivity contribution in [2.45, 2.75) is 32.0 Å². The van der Waals surface area contributed by atoms with E-state index < -0.39 is 5.60 Å². The van der Waals surface area contributed by atoms with Crippen LogP contribution >= 0.6 is 0 Å². The van der Waals surface area contributed by atoms with Gasteiger partial charge in [0.1, 0.15) is 0 Å². The molecule has 0 aliphatic carbocycles. The number of aliphatic hydroxyl groups is 2. The highest BCUT2D eigenvalue weighted by Crippen LogP contribution is 2.24. The van der Waals surface area contributed by atoms with Crippen molar-refractivity contribution in [3.05, 3.63) is 35.9 Å². The summed E-state index contributed by atoms with van der Waals surface area (Å²) in [5.41, 5.74) is 0.692. The van der Waals surface area contributed by atoms with Gasteiger partial charge in [0.15, 0.2) is 0 Å². The molecule has 0 aromatic heterocycles. The molecule has 0 radical (unpaired) electrons. The van der Waals surface area contributed by atoms with Gasteiger partial charge in [0.2, 0.25) is 0 Å². The molecule has 108 valence electrons. The van der Waals surface area contributed by atoms with Crippen molar-refractivity contribution in [2.75, 3.05) is 26.4 Å². The maximum atomic E-state index is 8.98. The van der Waals surface area contributed by atoms with E-state index >= 15 is 0 Å². The van der Waals surface area contributed by atoms with Crippen molar-refractivity contribution in [2.24, 2.45) is 0 Å². The molecule has 0 bridgehead atoms. The lowest BCUT2D eigenvalue weighted by atomic mass is 9.98. The van der Waals surface area contributed by atoms with E-state index in [0.717, 1.165) is 5.56 Å². The summed E-state index contributed by atoms with van der Waals surface area (Å²) in [5.74, 6) is 0. The van der Waals surface area contributed by atoms with Crippen LogP contribution in [0.1, 0.15) is 25.8 Å². The van der Waals surface area contributed by atoms with Crippen molar-refractivity contribution in [3.8, 4) is 0 Å². The molecular formula is C15H24O4. The van der Waals surface area contributed by atoms with Gasteiger partial charge in [0.05, 0.1) is 31.5 Å². The lowest BCUT2D eigenvalue weighted by Crippen LogP contribution is -2.30. The van der Waals surface area contributed by atoms with E-state index in [1.54, 1.807) is 0 Å². The highest BCUT2D eigenvalue weighted by atomic mass is 16.5. The van der Waals surface area contributed by atoms with Crippen molar-refractivity contribution < 1.29 is 19.7 Å². The summed E-state index contributed by atoms with van der Waals surface area (Å²) in [6, 6.07) is 9.98. The van der Waals surface area contributed by atoms with E-state index in [9.17, 15) is 0 Å². The first kappa shape index (κ1) is 16.1. The van der Waals surface area contributed by atoms with Crippen LogP contribution < -0.4 is 0 Å². The van der Waals surface area contributed by atoms with Gasteiger partial charge in [-0.1, -0.05) is 30.3 Å². The Morgan fingerprint density at radius 3 is 2.37 bits per heavy atom. The van der Waals surface area contributed by atoms with Crippen LogP contribution in [-0.4, -0.2) is 42.7 Å². The van der Waals surface area contributed by atoms with Crippen molar-refractivity contribution in [3.63, 3.8) is 0 Å². The Morgan fingerprint density at radius 2 is 1.79 bits per heavy atom. The van der Waals surface area contributed by atoms with Crippen LogP contribution in [0.25, 0.3) is 0 Å². The number of hydrogen-bond donors (Lipinski definition) is 2. The zero-order valence-electron chi connectivity index (χ0n) is 11.7. The molecule has 0 amide bonds. The molecule has 1 atom stereocenters. The predicted octanol–water partition coefficient (Wildman–Crippen LogP) is 1.70. The third kappa shape index (κ3) is 5.70. The average Bonchev–Trinajstić information content (AvgIpc) is 2.43. The normalized spacial score (nSPS) is 13.5. The second-order valence-electron chi connectivity index (χ2n) is 4.92.